The summed E-state index contributed by atoms with van der Waals surface area (Å²) in [5.41, 5.74) is 4.79. The third-order valence-electron chi connectivity index (χ3n) is 3.21. The lowest BCUT2D eigenvalue weighted by molar-refractivity contribution is 0.411. The number of hydrogen-bond donors (Lipinski definition) is 2. The normalized spacial score (nSPS) is 12.2. The molecule has 0 saturated heterocycles. The van der Waals surface area contributed by atoms with Crippen LogP contribution < -0.4 is 16.0 Å². The van der Waals surface area contributed by atoms with E-state index in [0.29, 0.717) is 16.5 Å². The Morgan fingerprint density at radius 2 is 2.00 bits per heavy atom. The third-order valence-corrected chi connectivity index (χ3v) is 4.43. The van der Waals surface area contributed by atoms with Crippen LogP contribution in [0.1, 0.15) is 17.2 Å². The highest BCUT2D eigenvalue weighted by atomic mass is 79.9. The Labute approximate surface area is 142 Å². The van der Waals surface area contributed by atoms with Crippen LogP contribution in [0.25, 0.3) is 0 Å². The molecule has 6 heteroatoms. The molecule has 2 aromatic carbocycles. The Kier molecular flexibility index (Phi) is 5.90. The largest absolute Gasteiger partial charge is 0.496 e. The minimum absolute atomic E-state index is 0.0804. The first kappa shape index (κ1) is 16.6. The molecule has 2 aromatic rings. The van der Waals surface area contributed by atoms with E-state index in [-0.39, 0.29) is 6.04 Å². The van der Waals surface area contributed by atoms with Crippen LogP contribution >= 0.6 is 39.1 Å². The summed E-state index contributed by atoms with van der Waals surface area (Å²) in [6, 6.07) is 11.2. The maximum Gasteiger partial charge on any atom is 0.133 e. The van der Waals surface area contributed by atoms with E-state index in [1.54, 1.807) is 19.2 Å². The molecule has 0 bridgehead atoms. The number of hydrazine groups is 1. The van der Waals surface area contributed by atoms with E-state index in [4.69, 9.17) is 33.8 Å². The minimum atomic E-state index is -0.0804. The average Bonchev–Trinajstić information content (AvgIpc) is 2.48. The van der Waals surface area contributed by atoms with Crippen molar-refractivity contribution >= 4 is 39.1 Å². The van der Waals surface area contributed by atoms with Gasteiger partial charge in [-0.3, -0.25) is 11.3 Å². The molecule has 3 nitrogen and oxygen atoms in total. The molecular weight excluding hydrogens is 375 g/mol. The topological polar surface area (TPSA) is 47.3 Å². The quantitative estimate of drug-likeness (QED) is 0.584. The van der Waals surface area contributed by atoms with Gasteiger partial charge in [-0.05, 0) is 63.8 Å². The molecule has 0 aliphatic heterocycles. The van der Waals surface area contributed by atoms with E-state index in [1.807, 2.05) is 24.3 Å². The van der Waals surface area contributed by atoms with Crippen molar-refractivity contribution in [2.75, 3.05) is 7.11 Å². The summed E-state index contributed by atoms with van der Waals surface area (Å²) >= 11 is 15.7. The van der Waals surface area contributed by atoms with Crippen LogP contribution in [0.3, 0.4) is 0 Å². The zero-order chi connectivity index (χ0) is 15.4. The molecular formula is C15H15BrCl2N2O. The highest BCUT2D eigenvalue weighted by Crippen LogP contribution is 2.30. The predicted octanol–water partition coefficient (Wildman–Crippen LogP) is 4.51. The van der Waals surface area contributed by atoms with Gasteiger partial charge in [0.15, 0.2) is 0 Å². The fraction of sp³-hybridized carbons (Fsp3) is 0.200. The zero-order valence-corrected chi connectivity index (χ0v) is 14.5. The van der Waals surface area contributed by atoms with E-state index in [2.05, 4.69) is 21.4 Å². The van der Waals surface area contributed by atoms with Crippen LogP contribution in [0, 0.1) is 0 Å². The first-order valence-corrected chi connectivity index (χ1v) is 7.83. The lowest BCUT2D eigenvalue weighted by Crippen LogP contribution is -2.29. The van der Waals surface area contributed by atoms with Crippen molar-refractivity contribution in [3.8, 4) is 5.75 Å². The van der Waals surface area contributed by atoms with Gasteiger partial charge >= 0.3 is 0 Å². The molecule has 3 N–H and O–H groups in total. The van der Waals surface area contributed by atoms with Crippen molar-refractivity contribution in [2.45, 2.75) is 12.5 Å². The van der Waals surface area contributed by atoms with Crippen LogP contribution in [0.5, 0.6) is 5.75 Å². The van der Waals surface area contributed by atoms with Gasteiger partial charge < -0.3 is 4.74 Å². The summed E-state index contributed by atoms with van der Waals surface area (Å²) in [6.07, 6.45) is 0.634. The first-order chi connectivity index (χ1) is 10.0. The van der Waals surface area contributed by atoms with E-state index < -0.39 is 0 Å². The smallest absolute Gasteiger partial charge is 0.133 e. The number of nitrogens with one attached hydrogen (secondary N) is 1. The zero-order valence-electron chi connectivity index (χ0n) is 11.4. The number of benzene rings is 2. The molecule has 0 fully saturated rings. The monoisotopic (exact) mass is 388 g/mol. The minimum Gasteiger partial charge on any atom is -0.496 e. The van der Waals surface area contributed by atoms with Crippen molar-refractivity contribution in [2.24, 2.45) is 5.84 Å². The fourth-order valence-electron chi connectivity index (χ4n) is 2.09. The third kappa shape index (κ3) is 4.11. The van der Waals surface area contributed by atoms with E-state index in [9.17, 15) is 0 Å². The Balaban J connectivity index is 2.27. The summed E-state index contributed by atoms with van der Waals surface area (Å²) in [7, 11) is 1.63. The predicted molar refractivity (Wildman–Crippen MR) is 90.9 cm³/mol. The van der Waals surface area contributed by atoms with Gasteiger partial charge in [0, 0.05) is 10.0 Å². The fourth-order valence-corrected chi connectivity index (χ4v) is 3.04. The van der Waals surface area contributed by atoms with Gasteiger partial charge in [-0.2, -0.15) is 0 Å². The average molecular weight is 390 g/mol. The van der Waals surface area contributed by atoms with Gasteiger partial charge in [-0.25, -0.2) is 0 Å². The highest BCUT2D eigenvalue weighted by Gasteiger charge is 2.14. The van der Waals surface area contributed by atoms with Gasteiger partial charge in [0.25, 0.3) is 0 Å². The molecule has 0 amide bonds. The second kappa shape index (κ2) is 7.47. The molecule has 0 aliphatic carbocycles. The number of ether oxygens (including phenoxy) is 1. The Morgan fingerprint density at radius 1 is 1.24 bits per heavy atom. The molecule has 0 aliphatic rings. The summed E-state index contributed by atoms with van der Waals surface area (Å²) < 4.78 is 6.10. The number of hydrogen-bond acceptors (Lipinski definition) is 3. The Bertz CT molecular complexity index is 637. The number of rotatable bonds is 5. The Hall–Kier alpha value is -0.780. The van der Waals surface area contributed by atoms with Crippen LogP contribution in [0.15, 0.2) is 40.9 Å². The standard InChI is InChI=1S/C15H15BrCl2N2O/c1-21-15-5-2-9(7-12(15)16)14(20-19)8-10-6-11(17)3-4-13(10)18/h2-7,14,20H,8,19H2,1H3. The van der Waals surface area contributed by atoms with E-state index in [0.717, 1.165) is 21.3 Å². The van der Waals surface area contributed by atoms with Gasteiger partial charge in [0.2, 0.25) is 0 Å². The second-order valence-electron chi connectivity index (χ2n) is 4.55. The molecule has 2 rings (SSSR count). The number of halogens is 3. The van der Waals surface area contributed by atoms with Crippen LogP contribution in [0.4, 0.5) is 0 Å². The second-order valence-corrected chi connectivity index (χ2v) is 6.25. The SMILES string of the molecule is COc1ccc(C(Cc2cc(Cl)ccc2Cl)NN)cc1Br. The molecule has 0 spiro atoms. The lowest BCUT2D eigenvalue weighted by Gasteiger charge is -2.18. The van der Waals surface area contributed by atoms with E-state index >= 15 is 0 Å². The molecule has 0 radical (unpaired) electrons. The van der Waals surface area contributed by atoms with Crippen molar-refractivity contribution < 1.29 is 4.74 Å². The molecule has 1 unspecified atom stereocenters. The number of nitrogens with two attached hydrogens (primary N) is 1. The van der Waals surface area contributed by atoms with Crippen molar-refractivity contribution in [3.63, 3.8) is 0 Å². The van der Waals surface area contributed by atoms with Crippen molar-refractivity contribution in [1.29, 1.82) is 0 Å². The number of methoxy groups -OCH3 is 1. The summed E-state index contributed by atoms with van der Waals surface area (Å²) in [5.74, 6) is 6.46. The summed E-state index contributed by atoms with van der Waals surface area (Å²) in [5, 5.41) is 1.33. The van der Waals surface area contributed by atoms with Gasteiger partial charge in [0.1, 0.15) is 5.75 Å². The lowest BCUT2D eigenvalue weighted by atomic mass is 9.99. The van der Waals surface area contributed by atoms with E-state index in [1.165, 1.54) is 0 Å². The molecule has 0 saturated carbocycles. The maximum absolute atomic E-state index is 6.21. The van der Waals surface area contributed by atoms with Crippen LogP contribution in [0.2, 0.25) is 10.0 Å². The molecule has 1 atom stereocenters. The van der Waals surface area contributed by atoms with Crippen molar-refractivity contribution in [1.82, 2.24) is 5.43 Å². The molecule has 112 valence electrons. The summed E-state index contributed by atoms with van der Waals surface area (Å²) in [4.78, 5) is 0. The van der Waals surface area contributed by atoms with Crippen molar-refractivity contribution in [3.05, 3.63) is 62.0 Å². The van der Waals surface area contributed by atoms with Crippen LogP contribution in [-0.4, -0.2) is 7.11 Å². The molecule has 21 heavy (non-hydrogen) atoms. The first-order valence-electron chi connectivity index (χ1n) is 6.28. The van der Waals surface area contributed by atoms with Gasteiger partial charge in [-0.1, -0.05) is 29.3 Å². The highest BCUT2D eigenvalue weighted by molar-refractivity contribution is 9.10. The van der Waals surface area contributed by atoms with Gasteiger partial charge in [0.05, 0.1) is 17.6 Å². The molecule has 0 heterocycles. The van der Waals surface area contributed by atoms with Crippen LogP contribution in [-0.2, 0) is 6.42 Å². The van der Waals surface area contributed by atoms with Gasteiger partial charge in [-0.15, -0.1) is 0 Å². The molecule has 0 aromatic heterocycles. The maximum atomic E-state index is 6.21. The summed E-state index contributed by atoms with van der Waals surface area (Å²) in [6.45, 7) is 0. The Morgan fingerprint density at radius 3 is 2.62 bits per heavy atom.